The summed E-state index contributed by atoms with van der Waals surface area (Å²) in [4.78, 5) is 13.0. The number of carbonyl (C=O) groups is 1. The molecule has 1 N–H and O–H groups in total. The van der Waals surface area contributed by atoms with Crippen LogP contribution in [0.3, 0.4) is 0 Å². The van der Waals surface area contributed by atoms with Gasteiger partial charge in [0.25, 0.3) is 5.91 Å². The average Bonchev–Trinajstić information content (AvgIpc) is 2.87. The van der Waals surface area contributed by atoms with Crippen LogP contribution in [0.15, 0.2) is 60.7 Å². The molecule has 0 unspecified atom stereocenters. The van der Waals surface area contributed by atoms with Crippen molar-refractivity contribution in [3.63, 3.8) is 0 Å². The molecule has 8 heteroatoms. The van der Waals surface area contributed by atoms with E-state index in [4.69, 9.17) is 23.2 Å². The van der Waals surface area contributed by atoms with E-state index in [0.717, 1.165) is 36.6 Å². The number of halogens is 2. The third-order valence-corrected chi connectivity index (χ3v) is 8.57. The molecular formula is C28H30Cl2N2O3S. The molecule has 0 saturated heterocycles. The molecule has 1 amide bonds. The summed E-state index contributed by atoms with van der Waals surface area (Å²) >= 11 is 12.4. The SMILES string of the molecule is CC[C@H](NC(=O)c1ccc(CN(c2cccc(Cl)c2Cl)S(C)(=O)=O)cc1)c1ccc2c(c1)CCCC2. The predicted molar refractivity (Wildman–Crippen MR) is 148 cm³/mol. The molecule has 0 fully saturated rings. The summed E-state index contributed by atoms with van der Waals surface area (Å²) < 4.78 is 26.2. The number of nitrogens with one attached hydrogen (secondary N) is 1. The van der Waals surface area contributed by atoms with Gasteiger partial charge < -0.3 is 5.32 Å². The Kier molecular flexibility index (Phi) is 8.28. The maximum Gasteiger partial charge on any atom is 0.251 e. The maximum atomic E-state index is 13.0. The summed E-state index contributed by atoms with van der Waals surface area (Å²) in [6.45, 7) is 2.13. The lowest BCUT2D eigenvalue weighted by Gasteiger charge is -2.24. The Labute approximate surface area is 223 Å². The smallest absolute Gasteiger partial charge is 0.251 e. The monoisotopic (exact) mass is 544 g/mol. The van der Waals surface area contributed by atoms with Crippen LogP contribution in [-0.4, -0.2) is 20.6 Å². The molecule has 4 rings (SSSR count). The van der Waals surface area contributed by atoms with Crippen LogP contribution < -0.4 is 9.62 Å². The lowest BCUT2D eigenvalue weighted by atomic mass is 9.88. The quantitative estimate of drug-likeness (QED) is 0.342. The first kappa shape index (κ1) is 26.5. The van der Waals surface area contributed by atoms with Crippen molar-refractivity contribution in [1.29, 1.82) is 0 Å². The lowest BCUT2D eigenvalue weighted by Crippen LogP contribution is -2.30. The van der Waals surface area contributed by atoms with E-state index >= 15 is 0 Å². The number of fused-ring (bicyclic) bond motifs is 1. The minimum Gasteiger partial charge on any atom is -0.345 e. The van der Waals surface area contributed by atoms with E-state index in [0.29, 0.717) is 11.3 Å². The predicted octanol–water partition coefficient (Wildman–Crippen LogP) is 6.72. The lowest BCUT2D eigenvalue weighted by molar-refractivity contribution is 0.0935. The van der Waals surface area contributed by atoms with E-state index in [-0.39, 0.29) is 28.5 Å². The molecule has 0 spiro atoms. The highest BCUT2D eigenvalue weighted by Crippen LogP contribution is 2.34. The number of aryl methyl sites for hydroxylation is 2. The van der Waals surface area contributed by atoms with Gasteiger partial charge in [-0.25, -0.2) is 8.42 Å². The second kappa shape index (κ2) is 11.2. The highest BCUT2D eigenvalue weighted by molar-refractivity contribution is 7.92. The van der Waals surface area contributed by atoms with Gasteiger partial charge >= 0.3 is 0 Å². The van der Waals surface area contributed by atoms with Crippen molar-refractivity contribution in [2.75, 3.05) is 10.6 Å². The van der Waals surface area contributed by atoms with Crippen LogP contribution in [0.4, 0.5) is 5.69 Å². The largest absolute Gasteiger partial charge is 0.345 e. The van der Waals surface area contributed by atoms with Gasteiger partial charge in [-0.15, -0.1) is 0 Å². The summed E-state index contributed by atoms with van der Waals surface area (Å²) in [5.41, 5.74) is 5.49. The molecule has 5 nitrogen and oxygen atoms in total. The molecule has 0 heterocycles. The van der Waals surface area contributed by atoms with Crippen molar-refractivity contribution in [2.45, 2.75) is 51.6 Å². The number of hydrogen-bond acceptors (Lipinski definition) is 3. The van der Waals surface area contributed by atoms with E-state index in [2.05, 4.69) is 30.4 Å². The van der Waals surface area contributed by atoms with Crippen LogP contribution in [0.2, 0.25) is 10.0 Å². The fourth-order valence-electron chi connectivity index (χ4n) is 4.63. The zero-order valence-electron chi connectivity index (χ0n) is 20.4. The normalized spacial score (nSPS) is 14.1. The number of hydrogen-bond donors (Lipinski definition) is 1. The third kappa shape index (κ3) is 6.05. The molecule has 0 aromatic heterocycles. The fraction of sp³-hybridized carbons (Fsp3) is 0.321. The van der Waals surface area contributed by atoms with E-state index < -0.39 is 10.0 Å². The topological polar surface area (TPSA) is 66.5 Å². The Bertz CT molecular complexity index is 1360. The van der Waals surface area contributed by atoms with Gasteiger partial charge in [0.1, 0.15) is 0 Å². The molecule has 3 aromatic carbocycles. The van der Waals surface area contributed by atoms with Crippen molar-refractivity contribution in [1.82, 2.24) is 5.32 Å². The number of rotatable bonds is 8. The molecule has 1 atom stereocenters. The highest BCUT2D eigenvalue weighted by atomic mass is 35.5. The second-order valence-corrected chi connectivity index (χ2v) is 11.9. The number of amides is 1. The van der Waals surface area contributed by atoms with Gasteiger partial charge in [-0.1, -0.05) is 66.5 Å². The van der Waals surface area contributed by atoms with Crippen LogP contribution in [0, 0.1) is 0 Å². The summed E-state index contributed by atoms with van der Waals surface area (Å²) in [7, 11) is -3.63. The van der Waals surface area contributed by atoms with Crippen LogP contribution in [0.1, 0.15) is 64.8 Å². The molecule has 0 aliphatic heterocycles. The zero-order valence-corrected chi connectivity index (χ0v) is 22.8. The van der Waals surface area contributed by atoms with E-state index in [1.54, 1.807) is 42.5 Å². The number of anilines is 1. The van der Waals surface area contributed by atoms with Crippen molar-refractivity contribution in [3.05, 3.63) is 98.5 Å². The molecule has 0 bridgehead atoms. The Morgan fingerprint density at radius 1 is 1.00 bits per heavy atom. The number of carbonyl (C=O) groups excluding carboxylic acids is 1. The van der Waals surface area contributed by atoms with Gasteiger partial charge in [-0.05, 0) is 78.6 Å². The Balaban J connectivity index is 1.49. The van der Waals surface area contributed by atoms with E-state index in [1.165, 1.54) is 28.3 Å². The molecule has 1 aliphatic carbocycles. The van der Waals surface area contributed by atoms with Gasteiger partial charge in [0.2, 0.25) is 10.0 Å². The molecule has 3 aromatic rings. The van der Waals surface area contributed by atoms with Gasteiger partial charge in [-0.3, -0.25) is 9.10 Å². The first-order chi connectivity index (χ1) is 17.2. The number of sulfonamides is 1. The standard InChI is InChI=1S/C28H30Cl2N2O3S/c1-3-25(23-16-15-20-7-4-5-8-22(20)17-23)31-28(33)21-13-11-19(12-14-21)18-32(36(2,34)35)26-10-6-9-24(29)27(26)30/h6,9-17,25H,3-5,7-8,18H2,1-2H3,(H,31,33)/t25-/m0/s1. The maximum absolute atomic E-state index is 13.0. The van der Waals surface area contributed by atoms with Crippen molar-refractivity contribution in [2.24, 2.45) is 0 Å². The summed E-state index contributed by atoms with van der Waals surface area (Å²) in [5.74, 6) is -0.163. The van der Waals surface area contributed by atoms with Gasteiger partial charge in [0.15, 0.2) is 0 Å². The minimum atomic E-state index is -3.63. The second-order valence-electron chi connectivity index (χ2n) is 9.21. The van der Waals surface area contributed by atoms with Gasteiger partial charge in [0.05, 0.1) is 34.6 Å². The summed E-state index contributed by atoms with van der Waals surface area (Å²) in [5, 5.41) is 3.60. The first-order valence-electron chi connectivity index (χ1n) is 12.1. The van der Waals surface area contributed by atoms with Crippen molar-refractivity contribution in [3.8, 4) is 0 Å². The minimum absolute atomic E-state index is 0.0630. The van der Waals surface area contributed by atoms with E-state index in [1.807, 2.05) is 0 Å². The molecule has 0 saturated carbocycles. The summed E-state index contributed by atoms with van der Waals surface area (Å²) in [6.07, 6.45) is 6.59. The number of benzene rings is 3. The molecule has 36 heavy (non-hydrogen) atoms. The van der Waals surface area contributed by atoms with Crippen molar-refractivity contribution < 1.29 is 13.2 Å². The number of nitrogens with zero attached hydrogens (tertiary/aromatic N) is 1. The third-order valence-electron chi connectivity index (χ3n) is 6.63. The van der Waals surface area contributed by atoms with Crippen LogP contribution in [0.25, 0.3) is 0 Å². The van der Waals surface area contributed by atoms with Gasteiger partial charge in [0, 0.05) is 5.56 Å². The first-order valence-corrected chi connectivity index (χ1v) is 14.7. The average molecular weight is 546 g/mol. The van der Waals surface area contributed by atoms with Crippen LogP contribution in [-0.2, 0) is 29.4 Å². The van der Waals surface area contributed by atoms with Crippen LogP contribution >= 0.6 is 23.2 Å². The fourth-order valence-corrected chi connectivity index (χ4v) is 5.97. The van der Waals surface area contributed by atoms with Gasteiger partial charge in [-0.2, -0.15) is 0 Å². The zero-order chi connectivity index (χ0) is 25.9. The van der Waals surface area contributed by atoms with E-state index in [9.17, 15) is 13.2 Å². The van der Waals surface area contributed by atoms with Crippen LogP contribution in [0.5, 0.6) is 0 Å². The molecular weight excluding hydrogens is 515 g/mol. The highest BCUT2D eigenvalue weighted by Gasteiger charge is 2.22. The molecule has 190 valence electrons. The Hall–Kier alpha value is -2.54. The molecule has 1 aliphatic rings. The Morgan fingerprint density at radius 2 is 1.69 bits per heavy atom. The van der Waals surface area contributed by atoms with Crippen molar-refractivity contribution >= 4 is 44.8 Å². The Morgan fingerprint density at radius 3 is 2.36 bits per heavy atom. The molecule has 0 radical (unpaired) electrons. The summed E-state index contributed by atoms with van der Waals surface area (Å²) in [6, 6.07) is 18.3.